The molecular weight excluding hydrogens is 414 g/mol. The molecule has 1 saturated heterocycles. The number of esters is 1. The minimum Gasteiger partial charge on any atom is -0.493 e. The van der Waals surface area contributed by atoms with Gasteiger partial charge in [-0.2, -0.15) is 0 Å². The summed E-state index contributed by atoms with van der Waals surface area (Å²) in [6.07, 6.45) is 1.07. The highest BCUT2D eigenvalue weighted by Gasteiger charge is 2.23. The molecule has 160 valence electrons. The summed E-state index contributed by atoms with van der Waals surface area (Å²) < 4.78 is 16.5. The van der Waals surface area contributed by atoms with Gasteiger partial charge >= 0.3 is 5.97 Å². The highest BCUT2D eigenvalue weighted by atomic mass is 35.5. The predicted molar refractivity (Wildman–Crippen MR) is 122 cm³/mol. The fourth-order valence-corrected chi connectivity index (χ4v) is 3.71. The van der Waals surface area contributed by atoms with Crippen LogP contribution in [0.2, 0.25) is 5.02 Å². The van der Waals surface area contributed by atoms with Crippen LogP contribution in [0.1, 0.15) is 16.8 Å². The SMILES string of the molecule is COC(=O)c1ccc(OCC2CCN(c3ccc(Oc4ccc(Cl)cc4)cc3)C2)cc1. The van der Waals surface area contributed by atoms with E-state index < -0.39 is 0 Å². The van der Waals surface area contributed by atoms with E-state index in [4.69, 9.17) is 25.8 Å². The molecule has 1 aliphatic heterocycles. The normalized spacial score (nSPS) is 15.5. The first kappa shape index (κ1) is 21.1. The molecule has 31 heavy (non-hydrogen) atoms. The van der Waals surface area contributed by atoms with Crippen molar-refractivity contribution in [2.45, 2.75) is 6.42 Å². The maximum absolute atomic E-state index is 11.5. The molecule has 1 unspecified atom stereocenters. The molecule has 1 aliphatic rings. The van der Waals surface area contributed by atoms with E-state index in [9.17, 15) is 4.79 Å². The lowest BCUT2D eigenvalue weighted by Crippen LogP contribution is -2.21. The van der Waals surface area contributed by atoms with Crippen molar-refractivity contribution in [3.05, 3.63) is 83.4 Å². The maximum atomic E-state index is 11.5. The summed E-state index contributed by atoms with van der Waals surface area (Å²) in [7, 11) is 1.37. The summed E-state index contributed by atoms with van der Waals surface area (Å²) in [5.41, 5.74) is 1.69. The zero-order valence-electron chi connectivity index (χ0n) is 17.3. The Kier molecular flexibility index (Phi) is 6.63. The van der Waals surface area contributed by atoms with Crippen LogP contribution in [0.5, 0.6) is 17.2 Å². The summed E-state index contributed by atoms with van der Waals surface area (Å²) in [6, 6.07) is 22.5. The number of benzene rings is 3. The number of nitrogens with zero attached hydrogens (tertiary/aromatic N) is 1. The second-order valence-electron chi connectivity index (χ2n) is 7.48. The summed E-state index contributed by atoms with van der Waals surface area (Å²) in [4.78, 5) is 13.9. The van der Waals surface area contributed by atoms with E-state index in [2.05, 4.69) is 17.0 Å². The van der Waals surface area contributed by atoms with Crippen LogP contribution >= 0.6 is 11.6 Å². The second-order valence-corrected chi connectivity index (χ2v) is 7.91. The molecular formula is C25H24ClNO4. The number of carbonyl (C=O) groups is 1. The first-order valence-corrected chi connectivity index (χ1v) is 10.6. The van der Waals surface area contributed by atoms with E-state index in [-0.39, 0.29) is 5.97 Å². The van der Waals surface area contributed by atoms with Gasteiger partial charge in [0, 0.05) is 29.7 Å². The van der Waals surface area contributed by atoms with E-state index in [1.807, 2.05) is 36.4 Å². The number of ether oxygens (including phenoxy) is 3. The van der Waals surface area contributed by atoms with Gasteiger partial charge in [-0.15, -0.1) is 0 Å². The average molecular weight is 438 g/mol. The van der Waals surface area contributed by atoms with Crippen molar-refractivity contribution in [2.24, 2.45) is 5.92 Å². The van der Waals surface area contributed by atoms with Crippen molar-refractivity contribution in [3.63, 3.8) is 0 Å². The van der Waals surface area contributed by atoms with Crippen LogP contribution in [0.25, 0.3) is 0 Å². The fraction of sp³-hybridized carbons (Fsp3) is 0.240. The van der Waals surface area contributed by atoms with Gasteiger partial charge in [-0.25, -0.2) is 4.79 Å². The Bertz CT molecular complexity index is 1000. The number of rotatable bonds is 7. The summed E-state index contributed by atoms with van der Waals surface area (Å²) in [5, 5.41) is 0.688. The van der Waals surface area contributed by atoms with Crippen molar-refractivity contribution < 1.29 is 19.0 Å². The number of methoxy groups -OCH3 is 1. The van der Waals surface area contributed by atoms with Crippen LogP contribution in [0.3, 0.4) is 0 Å². The Morgan fingerprint density at radius 2 is 1.55 bits per heavy atom. The second kappa shape index (κ2) is 9.75. The van der Waals surface area contributed by atoms with Gasteiger partial charge in [-0.1, -0.05) is 11.6 Å². The zero-order chi connectivity index (χ0) is 21.6. The zero-order valence-corrected chi connectivity index (χ0v) is 18.0. The van der Waals surface area contributed by atoms with Crippen LogP contribution in [0, 0.1) is 5.92 Å². The molecule has 3 aromatic rings. The largest absolute Gasteiger partial charge is 0.493 e. The van der Waals surface area contributed by atoms with Crippen LogP contribution in [0.4, 0.5) is 5.69 Å². The molecule has 1 heterocycles. The highest BCUT2D eigenvalue weighted by Crippen LogP contribution is 2.29. The van der Waals surface area contributed by atoms with Crippen molar-refractivity contribution in [1.82, 2.24) is 0 Å². The molecule has 0 spiro atoms. The van der Waals surface area contributed by atoms with Gasteiger partial charge in [-0.05, 0) is 79.2 Å². The Balaban J connectivity index is 1.27. The molecule has 3 aromatic carbocycles. The van der Waals surface area contributed by atoms with Crippen molar-refractivity contribution in [2.75, 3.05) is 31.7 Å². The quantitative estimate of drug-likeness (QED) is 0.435. The fourth-order valence-electron chi connectivity index (χ4n) is 3.59. The minimum atomic E-state index is -0.345. The topological polar surface area (TPSA) is 48.0 Å². The first-order chi connectivity index (χ1) is 15.1. The number of hydrogen-bond donors (Lipinski definition) is 0. The number of carbonyl (C=O) groups excluding carboxylic acids is 1. The molecule has 0 amide bonds. The predicted octanol–water partition coefficient (Wildman–Crippen LogP) is 5.82. The molecule has 1 fully saturated rings. The third-order valence-electron chi connectivity index (χ3n) is 5.30. The van der Waals surface area contributed by atoms with Crippen LogP contribution < -0.4 is 14.4 Å². The third-order valence-corrected chi connectivity index (χ3v) is 5.55. The highest BCUT2D eigenvalue weighted by molar-refractivity contribution is 6.30. The summed E-state index contributed by atoms with van der Waals surface area (Å²) in [6.45, 7) is 2.58. The standard InChI is InChI=1S/C25H24ClNO4/c1-29-25(28)19-2-8-22(9-3-19)30-17-18-14-15-27(16-18)21-6-12-24(13-7-21)31-23-10-4-20(26)5-11-23/h2-13,18H,14-17H2,1H3. The smallest absolute Gasteiger partial charge is 0.337 e. The third kappa shape index (κ3) is 5.50. The molecule has 0 aromatic heterocycles. The van der Waals surface area contributed by atoms with Crippen LogP contribution in [-0.4, -0.2) is 32.8 Å². The van der Waals surface area contributed by atoms with E-state index >= 15 is 0 Å². The van der Waals surface area contributed by atoms with Gasteiger partial charge in [-0.3, -0.25) is 0 Å². The van der Waals surface area contributed by atoms with Crippen molar-refractivity contribution in [3.8, 4) is 17.2 Å². The maximum Gasteiger partial charge on any atom is 0.337 e. The van der Waals surface area contributed by atoms with Crippen LogP contribution in [-0.2, 0) is 4.74 Å². The van der Waals surface area contributed by atoms with E-state index in [1.165, 1.54) is 12.8 Å². The molecule has 0 bridgehead atoms. The Labute approximate surface area is 187 Å². The lowest BCUT2D eigenvalue weighted by molar-refractivity contribution is 0.0600. The summed E-state index contributed by atoms with van der Waals surface area (Å²) >= 11 is 5.91. The van der Waals surface area contributed by atoms with Gasteiger partial charge in [0.2, 0.25) is 0 Å². The molecule has 4 rings (SSSR count). The monoisotopic (exact) mass is 437 g/mol. The Morgan fingerprint density at radius 1 is 0.935 bits per heavy atom. The van der Waals surface area contributed by atoms with Gasteiger partial charge in [0.05, 0.1) is 19.3 Å². The van der Waals surface area contributed by atoms with Gasteiger partial charge in [0.1, 0.15) is 17.2 Å². The lowest BCUT2D eigenvalue weighted by atomic mass is 10.1. The molecule has 0 aliphatic carbocycles. The summed E-state index contributed by atoms with van der Waals surface area (Å²) in [5.74, 6) is 2.42. The van der Waals surface area contributed by atoms with E-state index in [0.717, 1.165) is 36.8 Å². The number of hydrogen-bond acceptors (Lipinski definition) is 5. The van der Waals surface area contributed by atoms with E-state index in [0.29, 0.717) is 23.1 Å². The Hall–Kier alpha value is -3.18. The first-order valence-electron chi connectivity index (χ1n) is 10.2. The lowest BCUT2D eigenvalue weighted by Gasteiger charge is -2.19. The average Bonchev–Trinajstić information content (AvgIpc) is 3.29. The molecule has 1 atom stereocenters. The Morgan fingerprint density at radius 3 is 2.19 bits per heavy atom. The van der Waals surface area contributed by atoms with Crippen molar-refractivity contribution in [1.29, 1.82) is 0 Å². The molecule has 6 heteroatoms. The van der Waals surface area contributed by atoms with Crippen molar-refractivity contribution >= 4 is 23.3 Å². The van der Waals surface area contributed by atoms with E-state index in [1.54, 1.807) is 24.3 Å². The molecule has 0 radical (unpaired) electrons. The minimum absolute atomic E-state index is 0.345. The molecule has 0 N–H and O–H groups in total. The van der Waals surface area contributed by atoms with Gasteiger partial charge < -0.3 is 19.1 Å². The van der Waals surface area contributed by atoms with Gasteiger partial charge in [0.25, 0.3) is 0 Å². The molecule has 0 saturated carbocycles. The number of halogens is 1. The number of anilines is 1. The van der Waals surface area contributed by atoms with Gasteiger partial charge in [0.15, 0.2) is 0 Å². The van der Waals surface area contributed by atoms with Crippen LogP contribution in [0.15, 0.2) is 72.8 Å². The molecule has 5 nitrogen and oxygen atoms in total.